The maximum Gasteiger partial charge on any atom is 0.115 e. The molecule has 13 heavy (non-hydrogen) atoms. The third-order valence-corrected chi connectivity index (χ3v) is 2.93. The summed E-state index contributed by atoms with van der Waals surface area (Å²) in [6.07, 6.45) is 7.16. The molecule has 0 saturated heterocycles. The van der Waals surface area contributed by atoms with E-state index in [2.05, 4.69) is 15.3 Å². The number of likely N-dealkylation sites (N-methyl/N-ethyl adjacent to an activating group) is 1. The molecular formula is C10H15N3. The maximum atomic E-state index is 4.19. The highest BCUT2D eigenvalue weighted by Crippen LogP contribution is 2.38. The van der Waals surface area contributed by atoms with Crippen LogP contribution in [0, 0.1) is 6.92 Å². The van der Waals surface area contributed by atoms with Crippen molar-refractivity contribution in [3.63, 3.8) is 0 Å². The summed E-state index contributed by atoms with van der Waals surface area (Å²) >= 11 is 0. The largest absolute Gasteiger partial charge is 0.314 e. The fourth-order valence-corrected chi connectivity index (χ4v) is 1.62. The van der Waals surface area contributed by atoms with Crippen molar-refractivity contribution in [1.82, 2.24) is 15.3 Å². The molecule has 1 saturated carbocycles. The second kappa shape index (κ2) is 3.07. The van der Waals surface area contributed by atoms with Crippen LogP contribution in [0.25, 0.3) is 0 Å². The van der Waals surface area contributed by atoms with E-state index in [9.17, 15) is 0 Å². The monoisotopic (exact) mass is 177 g/mol. The van der Waals surface area contributed by atoms with Crippen LogP contribution in [-0.4, -0.2) is 22.6 Å². The highest BCUT2D eigenvalue weighted by molar-refractivity contribution is 5.21. The van der Waals surface area contributed by atoms with Crippen molar-refractivity contribution in [3.8, 4) is 0 Å². The van der Waals surface area contributed by atoms with Gasteiger partial charge in [0, 0.05) is 17.4 Å². The molecule has 0 aromatic carbocycles. The summed E-state index contributed by atoms with van der Waals surface area (Å²) in [5, 5.41) is 3.37. The number of nitrogens with zero attached hydrogens (tertiary/aromatic N) is 2. The van der Waals surface area contributed by atoms with E-state index in [0.717, 1.165) is 12.1 Å². The Morgan fingerprint density at radius 3 is 2.85 bits per heavy atom. The molecule has 1 N–H and O–H groups in total. The number of hydrogen-bond donors (Lipinski definition) is 1. The Morgan fingerprint density at radius 1 is 1.54 bits per heavy atom. The lowest BCUT2D eigenvalue weighted by molar-refractivity contribution is 0.545. The zero-order chi connectivity index (χ0) is 9.31. The average molecular weight is 177 g/mol. The first kappa shape index (κ1) is 8.63. The van der Waals surface area contributed by atoms with E-state index in [4.69, 9.17) is 0 Å². The quantitative estimate of drug-likeness (QED) is 0.750. The lowest BCUT2D eigenvalue weighted by Crippen LogP contribution is -2.30. The topological polar surface area (TPSA) is 37.8 Å². The van der Waals surface area contributed by atoms with E-state index in [-0.39, 0.29) is 0 Å². The predicted octanol–water partition coefficient (Wildman–Crippen LogP) is 1.08. The van der Waals surface area contributed by atoms with E-state index < -0.39 is 0 Å². The summed E-state index contributed by atoms with van der Waals surface area (Å²) in [7, 11) is 2.03. The Balaban J connectivity index is 2.14. The molecule has 0 amide bonds. The van der Waals surface area contributed by atoms with Gasteiger partial charge in [-0.2, -0.15) is 0 Å². The fourth-order valence-electron chi connectivity index (χ4n) is 1.62. The summed E-state index contributed by atoms with van der Waals surface area (Å²) in [5.41, 5.74) is 2.74. The van der Waals surface area contributed by atoms with Crippen molar-refractivity contribution < 1.29 is 0 Å². The Bertz CT molecular complexity index is 305. The van der Waals surface area contributed by atoms with Gasteiger partial charge in [-0.1, -0.05) is 0 Å². The molecule has 0 spiro atoms. The Morgan fingerprint density at radius 2 is 2.31 bits per heavy atom. The van der Waals surface area contributed by atoms with Crippen molar-refractivity contribution in [2.24, 2.45) is 0 Å². The van der Waals surface area contributed by atoms with Crippen LogP contribution >= 0.6 is 0 Å². The Kier molecular flexibility index (Phi) is 2.04. The standard InChI is InChI=1S/C10H15N3/c1-8-9(6-12-7-13-8)5-10(11-2)3-4-10/h6-7,11H,3-5H2,1-2H3. The molecule has 3 nitrogen and oxygen atoms in total. The molecule has 0 radical (unpaired) electrons. The molecule has 3 heteroatoms. The number of aromatic nitrogens is 2. The molecule has 2 rings (SSSR count). The normalized spacial score (nSPS) is 18.6. The minimum absolute atomic E-state index is 0.357. The molecule has 1 aliphatic rings. The van der Waals surface area contributed by atoms with Gasteiger partial charge in [0.15, 0.2) is 0 Å². The van der Waals surface area contributed by atoms with Crippen LogP contribution in [0.2, 0.25) is 0 Å². The van der Waals surface area contributed by atoms with Gasteiger partial charge < -0.3 is 5.32 Å². The van der Waals surface area contributed by atoms with Crippen molar-refractivity contribution >= 4 is 0 Å². The zero-order valence-electron chi connectivity index (χ0n) is 8.17. The van der Waals surface area contributed by atoms with Gasteiger partial charge in [-0.3, -0.25) is 0 Å². The van der Waals surface area contributed by atoms with Gasteiger partial charge in [0.05, 0.1) is 0 Å². The van der Waals surface area contributed by atoms with E-state index in [1.165, 1.54) is 18.4 Å². The van der Waals surface area contributed by atoms with E-state index in [1.54, 1.807) is 6.33 Å². The molecule has 0 unspecified atom stereocenters. The first-order valence-corrected chi connectivity index (χ1v) is 4.70. The minimum atomic E-state index is 0.357. The van der Waals surface area contributed by atoms with Crippen molar-refractivity contribution in [1.29, 1.82) is 0 Å². The van der Waals surface area contributed by atoms with Crippen LogP contribution in [0.15, 0.2) is 12.5 Å². The van der Waals surface area contributed by atoms with Crippen LogP contribution in [0.4, 0.5) is 0 Å². The lowest BCUT2D eigenvalue weighted by atomic mass is 10.1. The van der Waals surface area contributed by atoms with E-state index >= 15 is 0 Å². The highest BCUT2D eigenvalue weighted by atomic mass is 15.0. The molecule has 0 atom stereocenters. The molecular weight excluding hydrogens is 162 g/mol. The van der Waals surface area contributed by atoms with Crippen molar-refractivity contribution in [2.45, 2.75) is 31.7 Å². The van der Waals surface area contributed by atoms with Crippen LogP contribution < -0.4 is 5.32 Å². The van der Waals surface area contributed by atoms with Crippen molar-refractivity contribution in [3.05, 3.63) is 23.8 Å². The molecule has 70 valence electrons. The fraction of sp³-hybridized carbons (Fsp3) is 0.600. The van der Waals surface area contributed by atoms with Gasteiger partial charge in [0.1, 0.15) is 6.33 Å². The molecule has 0 bridgehead atoms. The Hall–Kier alpha value is -0.960. The maximum absolute atomic E-state index is 4.19. The average Bonchev–Trinajstić information content (AvgIpc) is 2.90. The SMILES string of the molecule is CNC1(Cc2cncnc2C)CC1. The molecule has 1 fully saturated rings. The van der Waals surface area contributed by atoms with Gasteiger partial charge in [0.2, 0.25) is 0 Å². The second-order valence-corrected chi connectivity index (χ2v) is 3.84. The number of hydrogen-bond acceptors (Lipinski definition) is 3. The van der Waals surface area contributed by atoms with Crippen LogP contribution in [0.5, 0.6) is 0 Å². The van der Waals surface area contributed by atoms with Gasteiger partial charge in [-0.15, -0.1) is 0 Å². The molecule has 1 aliphatic carbocycles. The summed E-state index contributed by atoms with van der Waals surface area (Å²) in [5.74, 6) is 0. The first-order chi connectivity index (χ1) is 6.26. The van der Waals surface area contributed by atoms with Crippen LogP contribution in [-0.2, 0) is 6.42 Å². The van der Waals surface area contributed by atoms with E-state index in [0.29, 0.717) is 5.54 Å². The molecule has 1 aromatic rings. The summed E-state index contributed by atoms with van der Waals surface area (Å²) in [6, 6.07) is 0. The lowest BCUT2D eigenvalue weighted by Gasteiger charge is -2.14. The number of nitrogens with one attached hydrogen (secondary N) is 1. The minimum Gasteiger partial charge on any atom is -0.314 e. The summed E-state index contributed by atoms with van der Waals surface area (Å²) in [6.45, 7) is 2.04. The van der Waals surface area contributed by atoms with Crippen LogP contribution in [0.1, 0.15) is 24.1 Å². The van der Waals surface area contributed by atoms with Gasteiger partial charge in [-0.05, 0) is 38.8 Å². The highest BCUT2D eigenvalue weighted by Gasteiger charge is 2.41. The van der Waals surface area contributed by atoms with Gasteiger partial charge >= 0.3 is 0 Å². The molecule has 1 heterocycles. The Labute approximate surface area is 78.6 Å². The zero-order valence-corrected chi connectivity index (χ0v) is 8.17. The smallest absolute Gasteiger partial charge is 0.115 e. The summed E-state index contributed by atoms with van der Waals surface area (Å²) in [4.78, 5) is 8.24. The van der Waals surface area contributed by atoms with Gasteiger partial charge in [-0.25, -0.2) is 9.97 Å². The molecule has 0 aliphatic heterocycles. The second-order valence-electron chi connectivity index (χ2n) is 3.84. The third kappa shape index (κ3) is 1.70. The van der Waals surface area contributed by atoms with Crippen molar-refractivity contribution in [2.75, 3.05) is 7.05 Å². The van der Waals surface area contributed by atoms with Gasteiger partial charge in [0.25, 0.3) is 0 Å². The summed E-state index contributed by atoms with van der Waals surface area (Å²) < 4.78 is 0. The van der Waals surface area contributed by atoms with E-state index in [1.807, 2.05) is 20.2 Å². The first-order valence-electron chi connectivity index (χ1n) is 4.70. The van der Waals surface area contributed by atoms with Crippen LogP contribution in [0.3, 0.4) is 0 Å². The predicted molar refractivity (Wildman–Crippen MR) is 51.5 cm³/mol. The molecule has 1 aromatic heterocycles. The number of aryl methyl sites for hydroxylation is 1. The third-order valence-electron chi connectivity index (χ3n) is 2.93. The number of rotatable bonds is 3.